The van der Waals surface area contributed by atoms with Crippen LogP contribution in [0.5, 0.6) is 0 Å². The molecule has 0 spiro atoms. The van der Waals surface area contributed by atoms with E-state index in [2.05, 4.69) is 24.1 Å². The molecule has 8 heteroatoms. The van der Waals surface area contributed by atoms with Crippen molar-refractivity contribution in [3.8, 4) is 0 Å². The minimum atomic E-state index is -1.65. The molecule has 0 bridgehead atoms. The van der Waals surface area contributed by atoms with Gasteiger partial charge in [-0.2, -0.15) is 0 Å². The second-order valence-electron chi connectivity index (χ2n) is 9.73. The average Bonchev–Trinajstić information content (AvgIpc) is 3.04. The van der Waals surface area contributed by atoms with Crippen molar-refractivity contribution in [3.05, 3.63) is 89.2 Å². The first kappa shape index (κ1) is 28.6. The standard InChI is InChI=1S/C31H36FN3O3S/c1-3-5-18-34(19-6-4-2)20-17-33-30(36)23-15-16-29-27(21-23)35(22-24-11-7-9-13-26(24)32)31(37)25-12-8-10-14-28(25)39(29)38/h7-16,21H,3-6,17-20,22H2,1-2H3,(H,33,36)/t39-/m0/s1. The Balaban J connectivity index is 1.61. The van der Waals surface area contributed by atoms with Crippen molar-refractivity contribution in [1.29, 1.82) is 0 Å². The van der Waals surface area contributed by atoms with Gasteiger partial charge in [0.15, 0.2) is 0 Å². The molecular weight excluding hydrogens is 513 g/mol. The SMILES string of the molecule is CCCCN(CCCC)CCNC(=O)c1ccc2c(c1)N(Cc1ccccc1F)C(=O)c1ccccc1[S@@]2=O. The summed E-state index contributed by atoms with van der Waals surface area (Å²) in [5.74, 6) is -1.09. The quantitative estimate of drug-likeness (QED) is 0.311. The summed E-state index contributed by atoms with van der Waals surface area (Å²) in [5, 5.41) is 3.00. The fourth-order valence-corrected chi connectivity index (χ4v) is 6.03. The van der Waals surface area contributed by atoms with Crippen LogP contribution >= 0.6 is 0 Å². The lowest BCUT2D eigenvalue weighted by atomic mass is 10.1. The third kappa shape index (κ3) is 6.81. The number of fused-ring (bicyclic) bond motifs is 2. The molecule has 0 saturated carbocycles. The van der Waals surface area contributed by atoms with Gasteiger partial charge >= 0.3 is 0 Å². The molecule has 0 unspecified atom stereocenters. The van der Waals surface area contributed by atoms with E-state index in [1.807, 2.05) is 0 Å². The Kier molecular flexibility index (Phi) is 10.0. The van der Waals surface area contributed by atoms with Gasteiger partial charge in [-0.25, -0.2) is 8.60 Å². The first-order valence-corrected chi connectivity index (χ1v) is 14.8. The molecule has 6 nitrogen and oxygen atoms in total. The molecule has 3 aromatic carbocycles. The highest BCUT2D eigenvalue weighted by atomic mass is 32.2. The highest BCUT2D eigenvalue weighted by molar-refractivity contribution is 7.85. The number of nitrogens with zero attached hydrogens (tertiary/aromatic N) is 2. The number of amides is 2. The zero-order valence-electron chi connectivity index (χ0n) is 22.6. The number of halogens is 1. The number of carbonyl (C=O) groups excluding carboxylic acids is 2. The summed E-state index contributed by atoms with van der Waals surface area (Å²) in [5.41, 5.74) is 1.33. The van der Waals surface area contributed by atoms with Gasteiger partial charge < -0.3 is 15.1 Å². The Morgan fingerprint density at radius 2 is 1.62 bits per heavy atom. The van der Waals surface area contributed by atoms with E-state index < -0.39 is 16.6 Å². The summed E-state index contributed by atoms with van der Waals surface area (Å²) in [6.07, 6.45) is 4.48. The Labute approximate surface area is 232 Å². The van der Waals surface area contributed by atoms with Gasteiger partial charge in [-0.15, -0.1) is 0 Å². The van der Waals surface area contributed by atoms with Crippen molar-refractivity contribution in [1.82, 2.24) is 10.2 Å². The van der Waals surface area contributed by atoms with Gasteiger partial charge in [0.25, 0.3) is 11.8 Å². The van der Waals surface area contributed by atoms with Crippen molar-refractivity contribution in [3.63, 3.8) is 0 Å². The van der Waals surface area contributed by atoms with Crippen LogP contribution in [0.25, 0.3) is 0 Å². The summed E-state index contributed by atoms with van der Waals surface area (Å²) in [7, 11) is -1.65. The van der Waals surface area contributed by atoms with Gasteiger partial charge in [-0.05, 0) is 62.3 Å². The molecule has 4 rings (SSSR count). The number of carbonyl (C=O) groups is 2. The molecule has 206 valence electrons. The number of anilines is 1. The summed E-state index contributed by atoms with van der Waals surface area (Å²) >= 11 is 0. The predicted octanol–water partition coefficient (Wildman–Crippen LogP) is 5.78. The van der Waals surface area contributed by atoms with Crippen LogP contribution in [0.2, 0.25) is 0 Å². The third-order valence-electron chi connectivity index (χ3n) is 6.93. The molecule has 1 aliphatic rings. The largest absolute Gasteiger partial charge is 0.351 e. The Hall–Kier alpha value is -3.36. The van der Waals surface area contributed by atoms with Gasteiger partial charge in [0.05, 0.1) is 38.4 Å². The van der Waals surface area contributed by atoms with Crippen LogP contribution in [-0.2, 0) is 17.3 Å². The van der Waals surface area contributed by atoms with Crippen molar-refractivity contribution >= 4 is 28.3 Å². The number of nitrogens with one attached hydrogen (secondary N) is 1. The topological polar surface area (TPSA) is 69.7 Å². The van der Waals surface area contributed by atoms with Crippen molar-refractivity contribution in [2.45, 2.75) is 55.9 Å². The molecule has 1 N–H and O–H groups in total. The van der Waals surface area contributed by atoms with Gasteiger partial charge in [0, 0.05) is 24.2 Å². The Bertz CT molecular complexity index is 1340. The fraction of sp³-hybridized carbons (Fsp3) is 0.355. The maximum absolute atomic E-state index is 14.6. The zero-order chi connectivity index (χ0) is 27.8. The molecule has 0 fully saturated rings. The molecule has 0 aliphatic carbocycles. The van der Waals surface area contributed by atoms with Crippen LogP contribution < -0.4 is 10.2 Å². The molecule has 1 heterocycles. The monoisotopic (exact) mass is 549 g/mol. The predicted molar refractivity (Wildman–Crippen MR) is 153 cm³/mol. The zero-order valence-corrected chi connectivity index (χ0v) is 23.4. The minimum Gasteiger partial charge on any atom is -0.351 e. The number of unbranched alkanes of at least 4 members (excludes halogenated alkanes) is 2. The lowest BCUT2D eigenvalue weighted by molar-refractivity contribution is 0.0944. The average molecular weight is 550 g/mol. The van der Waals surface area contributed by atoms with Crippen LogP contribution in [0.4, 0.5) is 10.1 Å². The van der Waals surface area contributed by atoms with Gasteiger partial charge in [0.2, 0.25) is 0 Å². The molecule has 0 aromatic heterocycles. The molecule has 3 aromatic rings. The van der Waals surface area contributed by atoms with Gasteiger partial charge in [-0.1, -0.05) is 57.0 Å². The second kappa shape index (κ2) is 13.6. The van der Waals surface area contributed by atoms with Crippen LogP contribution in [-0.4, -0.2) is 47.1 Å². The van der Waals surface area contributed by atoms with E-state index in [1.54, 1.807) is 60.7 Å². The van der Waals surface area contributed by atoms with Crippen molar-refractivity contribution in [2.75, 3.05) is 31.1 Å². The maximum Gasteiger partial charge on any atom is 0.259 e. The molecule has 2 amide bonds. The molecule has 0 radical (unpaired) electrons. The molecule has 39 heavy (non-hydrogen) atoms. The summed E-state index contributed by atoms with van der Waals surface area (Å²) < 4.78 is 28.2. The van der Waals surface area contributed by atoms with E-state index in [-0.39, 0.29) is 18.4 Å². The first-order chi connectivity index (χ1) is 18.9. The van der Waals surface area contributed by atoms with Gasteiger partial charge in [-0.3, -0.25) is 9.59 Å². The highest BCUT2D eigenvalue weighted by Gasteiger charge is 2.32. The Morgan fingerprint density at radius 1 is 0.923 bits per heavy atom. The lowest BCUT2D eigenvalue weighted by Crippen LogP contribution is -2.36. The van der Waals surface area contributed by atoms with Crippen LogP contribution in [0, 0.1) is 5.82 Å². The smallest absolute Gasteiger partial charge is 0.259 e. The minimum absolute atomic E-state index is 0.0566. The summed E-state index contributed by atoms with van der Waals surface area (Å²) in [6, 6.07) is 17.9. The lowest BCUT2D eigenvalue weighted by Gasteiger charge is -2.24. The van der Waals surface area contributed by atoms with Crippen LogP contribution in [0.15, 0.2) is 76.5 Å². The first-order valence-electron chi connectivity index (χ1n) is 13.6. The number of hydrogen-bond acceptors (Lipinski definition) is 4. The van der Waals surface area contributed by atoms with E-state index in [9.17, 15) is 18.2 Å². The molecule has 1 aliphatic heterocycles. The summed E-state index contributed by atoms with van der Waals surface area (Å²) in [4.78, 5) is 31.5. The maximum atomic E-state index is 14.6. The summed E-state index contributed by atoms with van der Waals surface area (Å²) in [6.45, 7) is 7.55. The second-order valence-corrected chi connectivity index (χ2v) is 11.2. The van der Waals surface area contributed by atoms with E-state index in [0.29, 0.717) is 38.7 Å². The molecular formula is C31H36FN3O3S. The van der Waals surface area contributed by atoms with Gasteiger partial charge in [0.1, 0.15) is 5.82 Å². The van der Waals surface area contributed by atoms with E-state index in [4.69, 9.17) is 0 Å². The van der Waals surface area contributed by atoms with E-state index in [0.717, 1.165) is 45.3 Å². The van der Waals surface area contributed by atoms with Crippen LogP contribution in [0.1, 0.15) is 65.8 Å². The van der Waals surface area contributed by atoms with E-state index in [1.165, 1.54) is 11.0 Å². The normalized spacial score (nSPS) is 14.6. The highest BCUT2D eigenvalue weighted by Crippen LogP contribution is 2.36. The molecule has 0 saturated heterocycles. The number of benzene rings is 3. The van der Waals surface area contributed by atoms with E-state index >= 15 is 0 Å². The number of hydrogen-bond donors (Lipinski definition) is 1. The fourth-order valence-electron chi connectivity index (χ4n) is 4.69. The Morgan fingerprint density at radius 3 is 2.33 bits per heavy atom. The van der Waals surface area contributed by atoms with Crippen molar-refractivity contribution < 1.29 is 18.2 Å². The van der Waals surface area contributed by atoms with Crippen LogP contribution in [0.3, 0.4) is 0 Å². The number of rotatable bonds is 12. The third-order valence-corrected chi connectivity index (χ3v) is 8.43. The molecule has 1 atom stereocenters. The van der Waals surface area contributed by atoms with Crippen molar-refractivity contribution in [2.24, 2.45) is 0 Å².